The van der Waals surface area contributed by atoms with Crippen LogP contribution in [0.1, 0.15) is 19.4 Å². The Bertz CT molecular complexity index is 499. The Morgan fingerprint density at radius 1 is 1.40 bits per heavy atom. The van der Waals surface area contributed by atoms with Crippen LogP contribution in [0, 0.1) is 0 Å². The zero-order chi connectivity index (χ0) is 10.8. The van der Waals surface area contributed by atoms with Crippen molar-refractivity contribution in [2.75, 3.05) is 0 Å². The summed E-state index contributed by atoms with van der Waals surface area (Å²) < 4.78 is 6.40. The van der Waals surface area contributed by atoms with Gasteiger partial charge in [0.1, 0.15) is 5.75 Å². The van der Waals surface area contributed by atoms with Crippen molar-refractivity contribution in [2.24, 2.45) is 0 Å². The van der Waals surface area contributed by atoms with E-state index in [1.54, 1.807) is 11.3 Å². The zero-order valence-electron chi connectivity index (χ0n) is 8.74. The number of thiophene rings is 1. The average Bonchev–Trinajstić information content (AvgIpc) is 2.64. The van der Waals surface area contributed by atoms with Crippen molar-refractivity contribution in [3.8, 4) is 5.75 Å². The molecule has 0 N–H and O–H groups in total. The van der Waals surface area contributed by atoms with Crippen LogP contribution in [-0.4, -0.2) is 5.97 Å². The quantitative estimate of drug-likeness (QED) is 0.573. The molecule has 0 spiro atoms. The van der Waals surface area contributed by atoms with Crippen LogP contribution in [0.4, 0.5) is 0 Å². The second-order valence-electron chi connectivity index (χ2n) is 3.33. The van der Waals surface area contributed by atoms with Crippen molar-refractivity contribution in [1.82, 2.24) is 0 Å². The highest BCUT2D eigenvalue weighted by Gasteiger charge is 2.09. The van der Waals surface area contributed by atoms with Gasteiger partial charge >= 0.3 is 5.97 Å². The maximum absolute atomic E-state index is 10.9. The summed E-state index contributed by atoms with van der Waals surface area (Å²) in [5, 5.41) is 3.27. The molecule has 78 valence electrons. The first-order valence-electron chi connectivity index (χ1n) is 4.90. The molecule has 2 nitrogen and oxygen atoms in total. The molecule has 0 saturated heterocycles. The molecule has 0 aliphatic rings. The first-order valence-corrected chi connectivity index (χ1v) is 5.78. The van der Waals surface area contributed by atoms with E-state index in [1.165, 1.54) is 17.0 Å². The SMILES string of the molecule is CCc1c(OC(C)=O)ccc2ccsc12. The van der Waals surface area contributed by atoms with Crippen LogP contribution in [0.3, 0.4) is 0 Å². The molecule has 3 heteroatoms. The van der Waals surface area contributed by atoms with Gasteiger partial charge in [0.25, 0.3) is 0 Å². The van der Waals surface area contributed by atoms with Gasteiger partial charge in [0.15, 0.2) is 0 Å². The Morgan fingerprint density at radius 2 is 2.20 bits per heavy atom. The molecule has 0 aliphatic heterocycles. The van der Waals surface area contributed by atoms with Gasteiger partial charge in [0, 0.05) is 17.2 Å². The second kappa shape index (κ2) is 4.03. The van der Waals surface area contributed by atoms with Gasteiger partial charge in [-0.3, -0.25) is 4.79 Å². The second-order valence-corrected chi connectivity index (χ2v) is 4.24. The molecule has 2 rings (SSSR count). The van der Waals surface area contributed by atoms with Crippen LogP contribution in [0.15, 0.2) is 23.6 Å². The van der Waals surface area contributed by atoms with Gasteiger partial charge in [-0.25, -0.2) is 0 Å². The van der Waals surface area contributed by atoms with Gasteiger partial charge in [-0.15, -0.1) is 11.3 Å². The highest BCUT2D eigenvalue weighted by molar-refractivity contribution is 7.17. The number of rotatable bonds is 2. The summed E-state index contributed by atoms with van der Waals surface area (Å²) >= 11 is 1.69. The van der Waals surface area contributed by atoms with Crippen LogP contribution in [0.2, 0.25) is 0 Å². The van der Waals surface area contributed by atoms with E-state index in [2.05, 4.69) is 18.4 Å². The lowest BCUT2D eigenvalue weighted by molar-refractivity contribution is -0.131. The summed E-state index contributed by atoms with van der Waals surface area (Å²) in [7, 11) is 0. The number of carbonyl (C=O) groups is 1. The predicted octanol–water partition coefficient (Wildman–Crippen LogP) is 3.39. The fraction of sp³-hybridized carbons (Fsp3) is 0.250. The third-order valence-electron chi connectivity index (χ3n) is 2.29. The van der Waals surface area contributed by atoms with E-state index in [9.17, 15) is 4.79 Å². The van der Waals surface area contributed by atoms with Crippen molar-refractivity contribution < 1.29 is 9.53 Å². The van der Waals surface area contributed by atoms with E-state index in [1.807, 2.05) is 12.1 Å². The molecular formula is C12H12O2S. The van der Waals surface area contributed by atoms with Gasteiger partial charge in [-0.05, 0) is 35.4 Å². The van der Waals surface area contributed by atoms with Gasteiger partial charge < -0.3 is 4.74 Å². The van der Waals surface area contributed by atoms with Gasteiger partial charge in [-0.2, -0.15) is 0 Å². The fourth-order valence-electron chi connectivity index (χ4n) is 1.66. The summed E-state index contributed by atoms with van der Waals surface area (Å²) in [5.74, 6) is 0.431. The Labute approximate surface area is 92.5 Å². The molecule has 0 aliphatic carbocycles. The number of hydrogen-bond acceptors (Lipinski definition) is 3. The lowest BCUT2D eigenvalue weighted by Crippen LogP contribution is -2.03. The Hall–Kier alpha value is -1.35. The number of ether oxygens (including phenoxy) is 1. The third kappa shape index (κ3) is 1.88. The molecule has 0 atom stereocenters. The van der Waals surface area contributed by atoms with Gasteiger partial charge in [-0.1, -0.05) is 6.92 Å². The molecule has 0 bridgehead atoms. The molecule has 0 amide bonds. The number of hydrogen-bond donors (Lipinski definition) is 0. The van der Waals surface area contributed by atoms with Crippen LogP contribution in [0.5, 0.6) is 5.75 Å². The summed E-state index contributed by atoms with van der Waals surface area (Å²) in [6.07, 6.45) is 0.875. The Balaban J connectivity index is 2.58. The van der Waals surface area contributed by atoms with Crippen LogP contribution >= 0.6 is 11.3 Å². The van der Waals surface area contributed by atoms with Crippen molar-refractivity contribution in [2.45, 2.75) is 20.3 Å². The first-order chi connectivity index (χ1) is 7.22. The molecule has 1 aromatic heterocycles. The topological polar surface area (TPSA) is 26.3 Å². The lowest BCUT2D eigenvalue weighted by atomic mass is 10.1. The molecule has 0 saturated carbocycles. The Kier molecular flexibility index (Phi) is 2.73. The predicted molar refractivity (Wildman–Crippen MR) is 62.5 cm³/mol. The van der Waals surface area contributed by atoms with Gasteiger partial charge in [0.2, 0.25) is 0 Å². The molecule has 0 unspecified atom stereocenters. The number of benzene rings is 1. The largest absolute Gasteiger partial charge is 0.426 e. The normalized spacial score (nSPS) is 10.5. The lowest BCUT2D eigenvalue weighted by Gasteiger charge is -2.07. The number of esters is 1. The summed E-state index contributed by atoms with van der Waals surface area (Å²) in [5.41, 5.74) is 1.12. The highest BCUT2D eigenvalue weighted by Crippen LogP contribution is 2.32. The molecule has 2 aromatic rings. The van der Waals surface area contributed by atoms with Crippen molar-refractivity contribution >= 4 is 27.4 Å². The summed E-state index contributed by atoms with van der Waals surface area (Å²) in [6.45, 7) is 3.50. The van der Waals surface area contributed by atoms with Crippen molar-refractivity contribution in [3.05, 3.63) is 29.1 Å². The van der Waals surface area contributed by atoms with Crippen LogP contribution in [-0.2, 0) is 11.2 Å². The Morgan fingerprint density at radius 3 is 2.87 bits per heavy atom. The zero-order valence-corrected chi connectivity index (χ0v) is 9.56. The van der Waals surface area contributed by atoms with E-state index in [0.717, 1.165) is 12.0 Å². The van der Waals surface area contributed by atoms with E-state index >= 15 is 0 Å². The first kappa shape index (κ1) is 10.2. The summed E-state index contributed by atoms with van der Waals surface area (Å²) in [4.78, 5) is 10.9. The standard InChI is InChI=1S/C12H12O2S/c1-3-10-11(14-8(2)13)5-4-9-6-7-15-12(9)10/h4-7H,3H2,1-2H3. The number of fused-ring (bicyclic) bond motifs is 1. The molecular weight excluding hydrogens is 208 g/mol. The molecule has 0 radical (unpaired) electrons. The highest BCUT2D eigenvalue weighted by atomic mass is 32.1. The summed E-state index contributed by atoms with van der Waals surface area (Å²) in [6, 6.07) is 5.94. The molecule has 1 heterocycles. The van der Waals surface area contributed by atoms with E-state index in [-0.39, 0.29) is 5.97 Å². The average molecular weight is 220 g/mol. The van der Waals surface area contributed by atoms with Crippen molar-refractivity contribution in [3.63, 3.8) is 0 Å². The van der Waals surface area contributed by atoms with Crippen LogP contribution < -0.4 is 4.74 Å². The number of carbonyl (C=O) groups excluding carboxylic acids is 1. The van der Waals surface area contributed by atoms with E-state index < -0.39 is 0 Å². The third-order valence-corrected chi connectivity index (χ3v) is 3.28. The molecule has 1 aromatic carbocycles. The minimum atomic E-state index is -0.263. The smallest absolute Gasteiger partial charge is 0.308 e. The fourth-order valence-corrected chi connectivity index (χ4v) is 2.67. The monoisotopic (exact) mass is 220 g/mol. The number of aryl methyl sites for hydroxylation is 1. The molecule has 15 heavy (non-hydrogen) atoms. The minimum absolute atomic E-state index is 0.263. The maximum Gasteiger partial charge on any atom is 0.308 e. The molecule has 0 fully saturated rings. The van der Waals surface area contributed by atoms with Gasteiger partial charge in [0.05, 0.1) is 0 Å². The van der Waals surface area contributed by atoms with E-state index in [4.69, 9.17) is 4.74 Å². The van der Waals surface area contributed by atoms with Crippen molar-refractivity contribution in [1.29, 1.82) is 0 Å². The maximum atomic E-state index is 10.9. The minimum Gasteiger partial charge on any atom is -0.426 e. The van der Waals surface area contributed by atoms with E-state index in [0.29, 0.717) is 5.75 Å². The van der Waals surface area contributed by atoms with Crippen LogP contribution in [0.25, 0.3) is 10.1 Å².